The van der Waals surface area contributed by atoms with Gasteiger partial charge in [-0.3, -0.25) is 0 Å². The highest BCUT2D eigenvalue weighted by molar-refractivity contribution is 4.85. The van der Waals surface area contributed by atoms with Crippen LogP contribution in [0.3, 0.4) is 0 Å². The molecule has 2 atom stereocenters. The summed E-state index contributed by atoms with van der Waals surface area (Å²) < 4.78 is 5.15. The van der Waals surface area contributed by atoms with Gasteiger partial charge in [0, 0.05) is 0 Å². The smallest absolute Gasteiger partial charge is 0.109 e. The fourth-order valence-corrected chi connectivity index (χ4v) is 1.86. The Morgan fingerprint density at radius 2 is 1.77 bits per heavy atom. The molecule has 1 aliphatic carbocycles. The van der Waals surface area contributed by atoms with Crippen LogP contribution in [-0.4, -0.2) is 46.8 Å². The Labute approximate surface area is 78.1 Å². The van der Waals surface area contributed by atoms with Crippen molar-refractivity contribution in [2.45, 2.75) is 38.1 Å². The molecular formula is C9H18O4. The molecule has 1 rings (SSSR count). The molecule has 1 aliphatic rings. The molecule has 0 aromatic rings. The zero-order valence-corrected chi connectivity index (χ0v) is 7.89. The molecule has 0 heterocycles. The summed E-state index contributed by atoms with van der Waals surface area (Å²) in [4.78, 5) is 0. The summed E-state index contributed by atoms with van der Waals surface area (Å²) >= 11 is 0. The maximum atomic E-state index is 9.57. The van der Waals surface area contributed by atoms with Crippen molar-refractivity contribution in [1.29, 1.82) is 0 Å². The topological polar surface area (TPSA) is 69.9 Å². The number of hydrogen-bond donors (Lipinski definition) is 3. The highest BCUT2D eigenvalue weighted by atomic mass is 16.5. The summed E-state index contributed by atoms with van der Waals surface area (Å²) in [6.07, 6.45) is -0.417. The van der Waals surface area contributed by atoms with E-state index < -0.39 is 18.3 Å². The van der Waals surface area contributed by atoms with Gasteiger partial charge in [0.05, 0.1) is 25.4 Å². The predicted octanol–water partition coefficient (Wildman–Crippen LogP) is -0.484. The second-order valence-electron chi connectivity index (χ2n) is 3.77. The summed E-state index contributed by atoms with van der Waals surface area (Å²) in [5.41, 5.74) is 0. The van der Waals surface area contributed by atoms with Crippen LogP contribution in [0.5, 0.6) is 0 Å². The molecule has 3 N–H and O–H groups in total. The van der Waals surface area contributed by atoms with Crippen molar-refractivity contribution in [2.75, 3.05) is 13.2 Å². The van der Waals surface area contributed by atoms with E-state index >= 15 is 0 Å². The first-order valence-corrected chi connectivity index (χ1v) is 4.73. The van der Waals surface area contributed by atoms with Gasteiger partial charge in [0.15, 0.2) is 0 Å². The Balaban J connectivity index is 2.41. The molecule has 0 radical (unpaired) electrons. The van der Waals surface area contributed by atoms with Crippen LogP contribution in [0.1, 0.15) is 19.8 Å². The van der Waals surface area contributed by atoms with Gasteiger partial charge < -0.3 is 20.1 Å². The summed E-state index contributed by atoms with van der Waals surface area (Å²) in [5.74, 6) is 0.332. The first-order chi connectivity index (χ1) is 6.15. The van der Waals surface area contributed by atoms with E-state index in [1.54, 1.807) is 0 Å². The standard InChI is InChI=1S/C9H18O4/c1-6-4-7(11)9(8(12)5-6)13-3-2-10/h6-12H,2-5H2,1H3. The number of rotatable bonds is 3. The second kappa shape index (κ2) is 4.91. The highest BCUT2D eigenvalue weighted by Gasteiger charge is 2.34. The van der Waals surface area contributed by atoms with E-state index in [-0.39, 0.29) is 13.2 Å². The van der Waals surface area contributed by atoms with Crippen LogP contribution in [-0.2, 0) is 4.74 Å². The van der Waals surface area contributed by atoms with Crippen LogP contribution in [0.15, 0.2) is 0 Å². The van der Waals surface area contributed by atoms with Gasteiger partial charge in [-0.15, -0.1) is 0 Å². The third kappa shape index (κ3) is 2.91. The molecule has 0 amide bonds. The van der Waals surface area contributed by atoms with E-state index in [1.165, 1.54) is 0 Å². The van der Waals surface area contributed by atoms with Gasteiger partial charge in [0.25, 0.3) is 0 Å². The molecule has 0 saturated heterocycles. The molecule has 4 heteroatoms. The summed E-state index contributed by atoms with van der Waals surface area (Å²) in [6, 6.07) is 0. The second-order valence-corrected chi connectivity index (χ2v) is 3.77. The van der Waals surface area contributed by atoms with Gasteiger partial charge in [0.1, 0.15) is 6.10 Å². The molecule has 4 nitrogen and oxygen atoms in total. The number of aliphatic hydroxyl groups is 3. The van der Waals surface area contributed by atoms with E-state index in [1.807, 2.05) is 6.92 Å². The lowest BCUT2D eigenvalue weighted by molar-refractivity contribution is -0.134. The number of hydrogen-bond acceptors (Lipinski definition) is 4. The van der Waals surface area contributed by atoms with Crippen LogP contribution >= 0.6 is 0 Å². The Morgan fingerprint density at radius 3 is 2.23 bits per heavy atom. The third-order valence-corrected chi connectivity index (χ3v) is 2.45. The van der Waals surface area contributed by atoms with Gasteiger partial charge >= 0.3 is 0 Å². The van der Waals surface area contributed by atoms with E-state index in [2.05, 4.69) is 0 Å². The van der Waals surface area contributed by atoms with E-state index in [0.717, 1.165) is 0 Å². The lowest BCUT2D eigenvalue weighted by Crippen LogP contribution is -2.46. The molecule has 0 aliphatic heterocycles. The Bertz CT molecular complexity index is 139. The van der Waals surface area contributed by atoms with Gasteiger partial charge in [-0.2, -0.15) is 0 Å². The highest BCUT2D eigenvalue weighted by Crippen LogP contribution is 2.26. The van der Waals surface area contributed by atoms with E-state index in [0.29, 0.717) is 18.8 Å². The molecule has 2 unspecified atom stereocenters. The number of ether oxygens (including phenoxy) is 1. The average Bonchev–Trinajstić information content (AvgIpc) is 2.02. The number of aliphatic hydroxyl groups excluding tert-OH is 3. The van der Waals surface area contributed by atoms with Crippen molar-refractivity contribution in [1.82, 2.24) is 0 Å². The normalized spacial score (nSPS) is 40.6. The predicted molar refractivity (Wildman–Crippen MR) is 47.2 cm³/mol. The van der Waals surface area contributed by atoms with Crippen LogP contribution in [0.4, 0.5) is 0 Å². The minimum Gasteiger partial charge on any atom is -0.394 e. The fourth-order valence-electron chi connectivity index (χ4n) is 1.86. The Morgan fingerprint density at radius 1 is 1.23 bits per heavy atom. The first kappa shape index (κ1) is 10.9. The largest absolute Gasteiger partial charge is 0.394 e. The molecule has 1 fully saturated rings. The molecule has 13 heavy (non-hydrogen) atoms. The first-order valence-electron chi connectivity index (χ1n) is 4.73. The van der Waals surface area contributed by atoms with Crippen molar-refractivity contribution in [3.8, 4) is 0 Å². The van der Waals surface area contributed by atoms with Crippen molar-refractivity contribution < 1.29 is 20.1 Å². The Hall–Kier alpha value is -0.160. The summed E-state index contributed by atoms with van der Waals surface area (Å²) in [5, 5.41) is 27.7. The van der Waals surface area contributed by atoms with Gasteiger partial charge in [0.2, 0.25) is 0 Å². The zero-order chi connectivity index (χ0) is 9.84. The maximum Gasteiger partial charge on any atom is 0.109 e. The van der Waals surface area contributed by atoms with Crippen molar-refractivity contribution in [3.63, 3.8) is 0 Å². The third-order valence-electron chi connectivity index (χ3n) is 2.45. The summed E-state index contributed by atoms with van der Waals surface area (Å²) in [6.45, 7) is 2.09. The quantitative estimate of drug-likeness (QED) is 0.562. The average molecular weight is 190 g/mol. The van der Waals surface area contributed by atoms with Crippen LogP contribution in [0, 0.1) is 5.92 Å². The molecule has 0 spiro atoms. The minimum absolute atomic E-state index is 0.0779. The van der Waals surface area contributed by atoms with E-state index in [9.17, 15) is 10.2 Å². The molecule has 0 bridgehead atoms. The fraction of sp³-hybridized carbons (Fsp3) is 1.00. The molecule has 78 valence electrons. The summed E-state index contributed by atoms with van der Waals surface area (Å²) in [7, 11) is 0. The van der Waals surface area contributed by atoms with E-state index in [4.69, 9.17) is 9.84 Å². The van der Waals surface area contributed by atoms with Gasteiger partial charge in [-0.05, 0) is 18.8 Å². The van der Waals surface area contributed by atoms with Gasteiger partial charge in [-0.1, -0.05) is 6.92 Å². The molecule has 1 saturated carbocycles. The molecule has 0 aromatic heterocycles. The lowest BCUT2D eigenvalue weighted by Gasteiger charge is -2.35. The SMILES string of the molecule is CC1CC(O)C(OCCO)C(O)C1. The van der Waals surface area contributed by atoms with Crippen LogP contribution < -0.4 is 0 Å². The van der Waals surface area contributed by atoms with Crippen molar-refractivity contribution >= 4 is 0 Å². The van der Waals surface area contributed by atoms with Crippen LogP contribution in [0.2, 0.25) is 0 Å². The Kier molecular flexibility index (Phi) is 4.12. The molecular weight excluding hydrogens is 172 g/mol. The van der Waals surface area contributed by atoms with Crippen molar-refractivity contribution in [3.05, 3.63) is 0 Å². The maximum absolute atomic E-state index is 9.57. The van der Waals surface area contributed by atoms with Crippen molar-refractivity contribution in [2.24, 2.45) is 5.92 Å². The molecule has 0 aromatic carbocycles. The van der Waals surface area contributed by atoms with Crippen LogP contribution in [0.25, 0.3) is 0 Å². The monoisotopic (exact) mass is 190 g/mol. The zero-order valence-electron chi connectivity index (χ0n) is 7.89. The van der Waals surface area contributed by atoms with Gasteiger partial charge in [-0.25, -0.2) is 0 Å². The lowest BCUT2D eigenvalue weighted by atomic mass is 9.84. The minimum atomic E-state index is -0.606.